The molecule has 0 unspecified atom stereocenters. The molecule has 0 radical (unpaired) electrons. The van der Waals surface area contributed by atoms with Crippen LogP contribution in [-0.4, -0.2) is 131 Å². The molecule has 71 heavy (non-hydrogen) atoms. The highest BCUT2D eigenvalue weighted by atomic mass is 32.1. The smallest absolute Gasteiger partial charge is 0.324 e. The third-order valence-electron chi connectivity index (χ3n) is 14.3. The number of phenolic OH excluding ortho intramolecular Hbond substituents is 1. The molecule has 19 heteroatoms. The zero-order chi connectivity index (χ0) is 47.6. The lowest BCUT2D eigenvalue weighted by molar-refractivity contribution is -0.155. The van der Waals surface area contributed by atoms with Crippen molar-refractivity contribution in [3.05, 3.63) is 71.5 Å². The number of methoxy groups -OCH3 is 1. The van der Waals surface area contributed by atoms with Crippen molar-refractivity contribution in [2.24, 2.45) is 17.3 Å². The van der Waals surface area contributed by atoms with Crippen LogP contribution in [0, 0.1) is 17.3 Å². The minimum Gasteiger partial charge on any atom is -0.508 e. The van der Waals surface area contributed by atoms with Gasteiger partial charge in [-0.2, -0.15) is 54.0 Å². The number of nitrogens with zero attached hydrogens (tertiary/aromatic N) is 5. The number of aromatic nitrogens is 2. The van der Waals surface area contributed by atoms with Gasteiger partial charge in [0.2, 0.25) is 11.8 Å². The van der Waals surface area contributed by atoms with Crippen LogP contribution in [-0.2, 0) is 59.4 Å². The molecule has 4 aromatic rings. The summed E-state index contributed by atoms with van der Waals surface area (Å²) in [6.07, 6.45) is 7.87. The van der Waals surface area contributed by atoms with E-state index in [1.54, 1.807) is 37.4 Å². The lowest BCUT2D eigenvalue weighted by Gasteiger charge is -2.37. The molecule has 392 valence electrons. The third-order valence-corrected chi connectivity index (χ3v) is 14.3. The number of fused-ring (bicyclic) bond motifs is 6. The first-order valence-electron chi connectivity index (χ1n) is 24.2. The van der Waals surface area contributed by atoms with Crippen molar-refractivity contribution >= 4 is 88.6 Å². The van der Waals surface area contributed by atoms with Gasteiger partial charge in [0, 0.05) is 93.7 Å². The molecule has 6 heterocycles. The zero-order valence-electron chi connectivity index (χ0n) is 42.3. The van der Waals surface area contributed by atoms with Crippen molar-refractivity contribution in [2.45, 2.75) is 117 Å². The van der Waals surface area contributed by atoms with Gasteiger partial charge in [0.05, 0.1) is 24.8 Å². The van der Waals surface area contributed by atoms with Gasteiger partial charge in [-0.3, -0.25) is 34.1 Å². The Hall–Kier alpha value is -3.95. The Morgan fingerprint density at radius 3 is 2.45 bits per heavy atom. The fourth-order valence-electron chi connectivity index (χ4n) is 10.9. The van der Waals surface area contributed by atoms with Crippen molar-refractivity contribution in [3.8, 4) is 28.1 Å². The molecule has 0 spiro atoms. The second-order valence-electron chi connectivity index (χ2n) is 20.1. The number of benzene rings is 2. The number of hydrogen-bond acceptors (Lipinski definition) is 11. The SMILES string of the molecule is CCn1c(-c2cnccc2COC)c2c3cc(ccc31)-c1cc(O)cc(c1)C[C@H](NC(=O)[C@H](C(C)C)N(C)C(=O)[C@H]1CCN(C3CCOCC3)C1)C(=O)N1CCC[C@H](N1)C(=O)OCC(C)(C)C2.S.S.S.S. The number of likely N-dealkylation sites (tertiary alicyclic amines) is 1. The van der Waals surface area contributed by atoms with E-state index in [0.717, 1.165) is 83.4 Å². The Morgan fingerprint density at radius 1 is 1.00 bits per heavy atom. The average molecular weight is 1060 g/mol. The van der Waals surface area contributed by atoms with Crippen molar-refractivity contribution in [1.29, 1.82) is 0 Å². The number of amides is 3. The van der Waals surface area contributed by atoms with E-state index in [1.807, 2.05) is 38.2 Å². The van der Waals surface area contributed by atoms with E-state index in [1.165, 1.54) is 5.01 Å². The quantitative estimate of drug-likeness (QED) is 0.152. The topological polar surface area (TPSA) is 168 Å². The predicted molar refractivity (Wildman–Crippen MR) is 297 cm³/mol. The van der Waals surface area contributed by atoms with E-state index in [-0.39, 0.29) is 90.5 Å². The molecule has 2 aromatic heterocycles. The number of likely N-dealkylation sites (N-methyl/N-ethyl adjacent to an activating group) is 1. The third kappa shape index (κ3) is 13.2. The maximum Gasteiger partial charge on any atom is 0.324 e. The minimum absolute atomic E-state index is 0. The molecule has 3 N–H and O–H groups in total. The summed E-state index contributed by atoms with van der Waals surface area (Å²) in [6.45, 7) is 14.5. The van der Waals surface area contributed by atoms with Crippen LogP contribution in [0.4, 0.5) is 0 Å². The number of ether oxygens (including phenoxy) is 3. The maximum atomic E-state index is 14.8. The lowest BCUT2D eigenvalue weighted by Crippen LogP contribution is -2.62. The van der Waals surface area contributed by atoms with Crippen LogP contribution in [0.25, 0.3) is 33.3 Å². The monoisotopic (exact) mass is 1060 g/mol. The summed E-state index contributed by atoms with van der Waals surface area (Å²) in [5.74, 6) is -1.92. The number of pyridine rings is 1. The van der Waals surface area contributed by atoms with Crippen LogP contribution in [0.3, 0.4) is 0 Å². The number of esters is 1. The zero-order valence-corrected chi connectivity index (χ0v) is 46.3. The molecule has 2 aromatic carbocycles. The first kappa shape index (κ1) is 59.6. The fourth-order valence-corrected chi connectivity index (χ4v) is 10.9. The van der Waals surface area contributed by atoms with Gasteiger partial charge in [0.1, 0.15) is 23.9 Å². The van der Waals surface area contributed by atoms with Crippen molar-refractivity contribution in [2.75, 3.05) is 53.6 Å². The molecule has 3 amide bonds. The summed E-state index contributed by atoms with van der Waals surface area (Å²) >= 11 is 0. The van der Waals surface area contributed by atoms with Crippen LogP contribution in [0.2, 0.25) is 0 Å². The summed E-state index contributed by atoms with van der Waals surface area (Å²) in [7, 11) is 3.37. The fraction of sp³-hybridized carbons (Fsp3) is 0.558. The first-order valence-corrected chi connectivity index (χ1v) is 24.2. The van der Waals surface area contributed by atoms with E-state index < -0.39 is 41.3 Å². The average Bonchev–Trinajstić information content (AvgIpc) is 3.93. The van der Waals surface area contributed by atoms with E-state index in [9.17, 15) is 24.3 Å². The van der Waals surface area contributed by atoms with Gasteiger partial charge in [0.15, 0.2) is 0 Å². The van der Waals surface area contributed by atoms with E-state index >= 15 is 0 Å². The van der Waals surface area contributed by atoms with Crippen LogP contribution in [0.15, 0.2) is 54.9 Å². The highest BCUT2D eigenvalue weighted by Gasteiger charge is 2.41. The number of hydrazine groups is 1. The maximum absolute atomic E-state index is 14.8. The highest BCUT2D eigenvalue weighted by molar-refractivity contribution is 7.59. The van der Waals surface area contributed by atoms with Gasteiger partial charge in [-0.15, -0.1) is 0 Å². The molecule has 0 aliphatic carbocycles. The number of phenols is 1. The molecule has 3 fully saturated rings. The van der Waals surface area contributed by atoms with Gasteiger partial charge >= 0.3 is 5.97 Å². The molecule has 8 rings (SSSR count). The molecule has 3 saturated heterocycles. The predicted octanol–water partition coefficient (Wildman–Crippen LogP) is 6.33. The lowest BCUT2D eigenvalue weighted by atomic mass is 9.84. The molecular weight excluding hydrogens is 979 g/mol. The minimum atomic E-state index is -1.11. The highest BCUT2D eigenvalue weighted by Crippen LogP contribution is 2.41. The number of carbonyl (C=O) groups is 4. The second kappa shape index (κ2) is 25.8. The summed E-state index contributed by atoms with van der Waals surface area (Å²) in [6, 6.07) is 11.2. The van der Waals surface area contributed by atoms with Crippen molar-refractivity contribution in [1.82, 2.24) is 35.1 Å². The molecular formula is C52H77N7O8S4. The second-order valence-corrected chi connectivity index (χ2v) is 20.1. The van der Waals surface area contributed by atoms with Gasteiger partial charge < -0.3 is 34.1 Å². The van der Waals surface area contributed by atoms with Crippen LogP contribution >= 0.6 is 54.0 Å². The van der Waals surface area contributed by atoms with Gasteiger partial charge in [0.25, 0.3) is 5.91 Å². The molecule has 6 bridgehead atoms. The Morgan fingerprint density at radius 2 is 1.75 bits per heavy atom. The normalized spacial score (nSPS) is 21.1. The number of hydrogen-bond donors (Lipinski definition) is 3. The molecule has 4 aliphatic rings. The number of nitrogens with one attached hydrogen (secondary N) is 2. The summed E-state index contributed by atoms with van der Waals surface area (Å²) < 4.78 is 19.6. The summed E-state index contributed by atoms with van der Waals surface area (Å²) in [5, 5.41) is 16.9. The Balaban J connectivity index is 0.00000274. The number of cyclic esters (lactones) is 1. The number of aryl methyl sites for hydroxylation is 1. The Bertz CT molecular complexity index is 2480. The van der Waals surface area contributed by atoms with Crippen molar-refractivity contribution < 1.29 is 38.5 Å². The van der Waals surface area contributed by atoms with Gasteiger partial charge in [-0.1, -0.05) is 39.8 Å². The number of aromatic hydroxyl groups is 1. The Labute approximate surface area is 447 Å². The first-order chi connectivity index (χ1) is 32.2. The molecule has 4 atom stereocenters. The molecule has 4 aliphatic heterocycles. The van der Waals surface area contributed by atoms with Crippen LogP contribution in [0.1, 0.15) is 83.4 Å². The summed E-state index contributed by atoms with van der Waals surface area (Å²) in [4.78, 5) is 66.0. The van der Waals surface area contributed by atoms with Crippen molar-refractivity contribution in [3.63, 3.8) is 0 Å². The standard InChI is InChI=1S/C52H69N7O8.4H2S/c1-8-58-45-12-11-34-26-40(45)41(47(58)42-28-53-17-13-36(42)30-65-7)27-52(4,5)31-67-51(64)43-10-9-18-59(55-43)50(63)44(24-33-22-37(34)25-39(60)23-33)54-48(61)46(32(2)3)56(6)49(62)35-14-19-57(29-35)38-15-20-66-21-16-38;;;;/h11-13,17,22-23,25-26,28,32,35,38,43-44,46,55,60H,8-10,14-16,18-21,24,27,29-31H2,1-7H3,(H,54,61);4*1H2/t35-,43-,44-,46-;;;;/m0..../s1. The summed E-state index contributed by atoms with van der Waals surface area (Å²) in [5.41, 5.74) is 9.95. The van der Waals surface area contributed by atoms with Crippen LogP contribution in [0.5, 0.6) is 5.75 Å². The number of rotatable bonds is 10. The molecule has 15 nitrogen and oxygen atoms in total. The Kier molecular flexibility index (Phi) is 21.7. The van der Waals surface area contributed by atoms with Crippen LogP contribution < -0.4 is 10.7 Å². The number of carbonyl (C=O) groups excluding carboxylic acids is 4. The van der Waals surface area contributed by atoms with Gasteiger partial charge in [-0.25, -0.2) is 5.43 Å². The van der Waals surface area contributed by atoms with E-state index in [4.69, 9.17) is 14.2 Å². The molecule has 0 saturated carbocycles. The van der Waals surface area contributed by atoms with E-state index in [2.05, 4.69) is 58.1 Å². The van der Waals surface area contributed by atoms with Gasteiger partial charge in [-0.05, 0) is 116 Å². The van der Waals surface area contributed by atoms with E-state index in [0.29, 0.717) is 57.1 Å². The largest absolute Gasteiger partial charge is 0.508 e.